The van der Waals surface area contributed by atoms with Gasteiger partial charge in [0.25, 0.3) is 0 Å². The van der Waals surface area contributed by atoms with Crippen LogP contribution in [0.3, 0.4) is 0 Å². The summed E-state index contributed by atoms with van der Waals surface area (Å²) in [6, 6.07) is 54.8. The number of hydrogen-bond acceptors (Lipinski definition) is 20. The fourth-order valence-corrected chi connectivity index (χ4v) is 11.9. The number of hydrogen-bond donors (Lipinski definition) is 4. The van der Waals surface area contributed by atoms with Crippen molar-refractivity contribution >= 4 is 35.8 Å². The third kappa shape index (κ3) is 64.9. The normalized spacial score (nSPS) is 10.8. The lowest BCUT2D eigenvalue weighted by atomic mass is 10.2. The molecule has 123 heavy (non-hydrogen) atoms. The highest BCUT2D eigenvalue weighted by Gasteiger charge is 2.27. The van der Waals surface area contributed by atoms with Crippen LogP contribution in [-0.2, 0) is 28.4 Å². The minimum Gasteiger partial charge on any atom is -0.456 e. The summed E-state index contributed by atoms with van der Waals surface area (Å²) in [4.78, 5) is 87.0. The first kappa shape index (κ1) is 124. The van der Waals surface area contributed by atoms with E-state index in [1.54, 1.807) is 72.8 Å². The molecule has 0 aliphatic carbocycles. The quantitative estimate of drug-likeness (QED) is 0.00910. The van der Waals surface area contributed by atoms with Gasteiger partial charge in [-0.3, -0.25) is 20.2 Å². The van der Waals surface area contributed by atoms with Crippen LogP contribution in [0.2, 0.25) is 0 Å². The van der Waals surface area contributed by atoms with E-state index in [9.17, 15) is 28.8 Å². The molecule has 0 aliphatic heterocycles. The average molecular weight is 1730 g/mol. The molecule has 1 unspecified atom stereocenters. The molecule has 8 N–H and O–H groups in total. The standard InChI is InChI=1S/C18H30NO2.C17H28NO2.2C15H24NO2.2C12H18NO2.2CH3NO2.4CH5N/c1-4-7-14-19(6-3,13-5-2)15-16-21-18(20)17-11-9-8-10-12-17;1-4-12-18(6-3,13-5-2)14-15-20-17(19)16-10-8-7-9-11-16;2*1-4-16(5-2,6-3)12-13-18-15(17)14-10-8-7-9-11-14;2*1-13(2,3)9-10-15-12(14)11-7-5-4-6-8-11;2*1-2(3)4;4*1-2/h8-12H,4-7,13-16H2,1-3H3;7-11H,4-6,12-15H2,1-3H3;2*7-11H,4-6,12-13H2,1-3H3;2*4-8H,9-10H2,1-3H3;2*1H3;4*2H2,1H3/q6*+1;;;;;;. The Hall–Kier alpha value is -9.46. The summed E-state index contributed by atoms with van der Waals surface area (Å²) in [5.74, 6) is -1.37. The molecule has 0 spiro atoms. The van der Waals surface area contributed by atoms with Gasteiger partial charge in [0.1, 0.15) is 78.9 Å². The van der Waals surface area contributed by atoms with E-state index in [1.165, 1.54) is 73.4 Å². The van der Waals surface area contributed by atoms with Gasteiger partial charge in [0.15, 0.2) is 14.1 Å². The Labute approximate surface area is 741 Å². The summed E-state index contributed by atoms with van der Waals surface area (Å²) in [6.07, 6.45) is 5.96. The van der Waals surface area contributed by atoms with Gasteiger partial charge in [-0.25, -0.2) is 28.8 Å². The van der Waals surface area contributed by atoms with E-state index < -0.39 is 9.85 Å². The molecule has 28 heteroatoms. The third-order valence-corrected chi connectivity index (χ3v) is 19.7. The van der Waals surface area contributed by atoms with Gasteiger partial charge < -0.3 is 78.3 Å². The van der Waals surface area contributed by atoms with Gasteiger partial charge in [0.2, 0.25) is 0 Å². The fourth-order valence-electron chi connectivity index (χ4n) is 11.9. The maximum atomic E-state index is 12.0. The summed E-state index contributed by atoms with van der Waals surface area (Å²) < 4.78 is 37.6. The molecule has 6 aromatic carbocycles. The number of carbonyl (C=O) groups excluding carboxylic acids is 6. The van der Waals surface area contributed by atoms with E-state index in [0.717, 1.165) is 146 Å². The van der Waals surface area contributed by atoms with E-state index in [0.29, 0.717) is 73.0 Å². The zero-order valence-corrected chi connectivity index (χ0v) is 80.2. The number of quaternary nitrogens is 6. The van der Waals surface area contributed by atoms with E-state index in [-0.39, 0.29) is 35.8 Å². The van der Waals surface area contributed by atoms with Crippen LogP contribution in [0.5, 0.6) is 0 Å². The molecule has 0 bridgehead atoms. The zero-order chi connectivity index (χ0) is 95.0. The van der Waals surface area contributed by atoms with E-state index >= 15 is 0 Å². The van der Waals surface area contributed by atoms with Crippen LogP contribution in [0.15, 0.2) is 182 Å². The molecule has 0 amide bonds. The van der Waals surface area contributed by atoms with Crippen LogP contribution >= 0.6 is 0 Å². The SMILES string of the molecule is CCCC[N+](CC)(CCC)CCOC(=O)c1ccccc1.CCC[N+](CC)(CCC)CCOC(=O)c1ccccc1.CC[N+](CC)(CC)CCOC(=O)c1ccccc1.CC[N+](CC)(CC)CCOC(=O)c1ccccc1.CN.CN.CN.CN.C[N+](=O)[O-].C[N+](=O)[O-].C[N+](C)(C)CCOC(=O)c1ccccc1.C[N+](C)(C)CCOC(=O)c1ccccc1. The molecule has 28 nitrogen and oxygen atoms in total. The Morgan fingerprint density at radius 3 is 0.537 bits per heavy atom. The van der Waals surface area contributed by atoms with Gasteiger partial charge in [-0.1, -0.05) is 143 Å². The molecule has 0 fully saturated rings. The summed E-state index contributed by atoms with van der Waals surface area (Å²) in [5, 5.41) is 17.6. The molecular formula is C95H168N12O16+6. The fraction of sp³-hybridized carbons (Fsp3) is 0.558. The van der Waals surface area contributed by atoms with Crippen molar-refractivity contribution in [2.75, 3.05) is 242 Å². The number of benzene rings is 6. The average Bonchev–Trinajstić information content (AvgIpc) is 0.975. The van der Waals surface area contributed by atoms with Crippen LogP contribution < -0.4 is 22.9 Å². The highest BCUT2D eigenvalue weighted by Crippen LogP contribution is 2.15. The summed E-state index contributed by atoms with van der Waals surface area (Å²) >= 11 is 0. The predicted molar refractivity (Wildman–Crippen MR) is 503 cm³/mol. The van der Waals surface area contributed by atoms with Crippen molar-refractivity contribution in [1.82, 2.24) is 0 Å². The highest BCUT2D eigenvalue weighted by atomic mass is 16.6. The topological polar surface area (TPSA) is 348 Å². The number of nitro groups is 2. The molecule has 1 atom stereocenters. The molecule has 0 saturated heterocycles. The lowest BCUT2D eigenvalue weighted by Crippen LogP contribution is -2.51. The van der Waals surface area contributed by atoms with Gasteiger partial charge in [-0.05, 0) is 182 Å². The highest BCUT2D eigenvalue weighted by molar-refractivity contribution is 5.91. The monoisotopic (exact) mass is 1730 g/mol. The van der Waals surface area contributed by atoms with Crippen molar-refractivity contribution in [1.29, 1.82) is 0 Å². The Kier molecular flexibility index (Phi) is 79.4. The summed E-state index contributed by atoms with van der Waals surface area (Å²) in [7, 11) is 20.2. The van der Waals surface area contributed by atoms with Crippen molar-refractivity contribution in [3.05, 3.63) is 236 Å². The Morgan fingerprint density at radius 2 is 0.398 bits per heavy atom. The van der Waals surface area contributed by atoms with Crippen molar-refractivity contribution in [2.45, 2.75) is 115 Å². The molecule has 698 valence electrons. The zero-order valence-electron chi connectivity index (χ0n) is 80.2. The van der Waals surface area contributed by atoms with Crippen molar-refractivity contribution in [3.8, 4) is 0 Å². The van der Waals surface area contributed by atoms with Crippen molar-refractivity contribution in [3.63, 3.8) is 0 Å². The first-order valence-corrected chi connectivity index (χ1v) is 43.4. The second-order valence-corrected chi connectivity index (χ2v) is 30.0. The number of esters is 6. The smallest absolute Gasteiger partial charge is 0.338 e. The molecule has 6 aromatic rings. The number of rotatable bonds is 41. The number of ether oxygens (including phenoxy) is 6. The van der Waals surface area contributed by atoms with Gasteiger partial charge in [-0.15, -0.1) is 0 Å². The summed E-state index contributed by atoms with van der Waals surface area (Å²) in [6.45, 7) is 48.0. The van der Waals surface area contributed by atoms with Crippen LogP contribution in [-0.4, -0.2) is 315 Å². The Morgan fingerprint density at radius 1 is 0.252 bits per heavy atom. The molecule has 0 radical (unpaired) electrons. The first-order chi connectivity index (χ1) is 58.6. The maximum Gasteiger partial charge on any atom is 0.338 e. The Balaban J connectivity index is -0.000000323. The lowest BCUT2D eigenvalue weighted by molar-refractivity contribution is -0.926. The second-order valence-electron chi connectivity index (χ2n) is 30.0. The van der Waals surface area contributed by atoms with Crippen LogP contribution in [0, 0.1) is 20.2 Å². The number of likely N-dealkylation sites (N-methyl/N-ethyl adjacent to an activating group) is 6. The van der Waals surface area contributed by atoms with Gasteiger partial charge in [0, 0.05) is 9.85 Å². The molecule has 6 rings (SSSR count). The van der Waals surface area contributed by atoms with Crippen LogP contribution in [0.25, 0.3) is 0 Å². The molecule has 0 saturated carbocycles. The molecule has 0 aliphatic rings. The minimum atomic E-state index is -0.500. The van der Waals surface area contributed by atoms with Crippen molar-refractivity contribution < 1.29 is 93.9 Å². The van der Waals surface area contributed by atoms with Gasteiger partial charge in [-0.2, -0.15) is 0 Å². The predicted octanol–water partition coefficient (Wildman–Crippen LogP) is 14.0. The Bertz CT molecular complexity index is 3340. The first-order valence-electron chi connectivity index (χ1n) is 43.4. The van der Waals surface area contributed by atoms with Crippen molar-refractivity contribution in [2.24, 2.45) is 22.9 Å². The minimum absolute atomic E-state index is 0.211. The number of unbranched alkanes of at least 4 members (excludes halogenated alkanes) is 1. The number of carbonyl (C=O) groups is 6. The number of nitrogens with zero attached hydrogens (tertiary/aromatic N) is 8. The van der Waals surface area contributed by atoms with Crippen LogP contribution in [0.1, 0.15) is 177 Å². The summed E-state index contributed by atoms with van der Waals surface area (Å²) in [5.41, 5.74) is 21.7. The lowest BCUT2D eigenvalue weighted by Gasteiger charge is -2.37. The van der Waals surface area contributed by atoms with Crippen LogP contribution in [0.4, 0.5) is 0 Å². The molecular weight excluding hydrogens is 1570 g/mol. The van der Waals surface area contributed by atoms with Gasteiger partial charge >= 0.3 is 35.8 Å². The van der Waals surface area contributed by atoms with E-state index in [1.807, 2.05) is 109 Å². The molecule has 0 heterocycles. The molecule has 0 aromatic heterocycles. The van der Waals surface area contributed by atoms with E-state index in [4.69, 9.17) is 48.6 Å². The van der Waals surface area contributed by atoms with E-state index in [2.05, 4.69) is 148 Å². The number of nitrogens with two attached hydrogens (primary N) is 4. The maximum absolute atomic E-state index is 12.0. The largest absolute Gasteiger partial charge is 0.456 e. The second kappa shape index (κ2) is 78.5. The third-order valence-electron chi connectivity index (χ3n) is 19.7. The van der Waals surface area contributed by atoms with Gasteiger partial charge in [0.05, 0.1) is 154 Å².